The van der Waals surface area contributed by atoms with E-state index < -0.39 is 0 Å². The van der Waals surface area contributed by atoms with Gasteiger partial charge in [-0.25, -0.2) is 4.79 Å². The van der Waals surface area contributed by atoms with E-state index >= 15 is 0 Å². The molecule has 0 aromatic heterocycles. The smallest absolute Gasteiger partial charge is 0.407 e. The number of ether oxygens (including phenoxy) is 1. The van der Waals surface area contributed by atoms with Crippen LogP contribution in [0.5, 0.6) is 0 Å². The zero-order chi connectivity index (χ0) is 8.60. The van der Waals surface area contributed by atoms with Crippen LogP contribution in [-0.4, -0.2) is 18.2 Å². The molecule has 12 heavy (non-hydrogen) atoms. The Labute approximate surface area is 72.5 Å². The minimum Gasteiger partial charge on any atom is -0.441 e. The topological polar surface area (TPSA) is 38.3 Å². The van der Waals surface area contributed by atoms with Crippen LogP contribution in [-0.2, 0) is 4.74 Å². The highest BCUT2D eigenvalue weighted by Crippen LogP contribution is 2.37. The van der Waals surface area contributed by atoms with Gasteiger partial charge in [-0.1, -0.05) is 12.8 Å². The molecule has 0 spiro atoms. The number of amides is 1. The van der Waals surface area contributed by atoms with Crippen molar-refractivity contribution in [3.05, 3.63) is 0 Å². The molecule has 1 aliphatic heterocycles. The van der Waals surface area contributed by atoms with Crippen molar-refractivity contribution in [3.8, 4) is 0 Å². The van der Waals surface area contributed by atoms with Gasteiger partial charge in [0.25, 0.3) is 0 Å². The molecule has 1 N–H and O–H groups in total. The van der Waals surface area contributed by atoms with Gasteiger partial charge >= 0.3 is 6.09 Å². The van der Waals surface area contributed by atoms with Gasteiger partial charge in [-0.2, -0.15) is 0 Å². The summed E-state index contributed by atoms with van der Waals surface area (Å²) in [5.41, 5.74) is -0.215. The molecule has 1 aliphatic carbocycles. The van der Waals surface area contributed by atoms with Crippen molar-refractivity contribution in [1.82, 2.24) is 5.32 Å². The van der Waals surface area contributed by atoms with Crippen LogP contribution in [0.4, 0.5) is 4.79 Å². The number of nitrogens with one attached hydrogen (secondary N) is 1. The summed E-state index contributed by atoms with van der Waals surface area (Å²) in [4.78, 5) is 10.9. The summed E-state index contributed by atoms with van der Waals surface area (Å²) in [5.74, 6) is 0.580. The van der Waals surface area contributed by atoms with Gasteiger partial charge in [0.05, 0.1) is 6.54 Å². The second-order valence-corrected chi connectivity index (χ2v) is 4.04. The molecule has 68 valence electrons. The molecule has 3 heteroatoms. The highest BCUT2D eigenvalue weighted by molar-refractivity contribution is 5.70. The van der Waals surface area contributed by atoms with E-state index in [4.69, 9.17) is 4.74 Å². The largest absolute Gasteiger partial charge is 0.441 e. The van der Waals surface area contributed by atoms with Crippen molar-refractivity contribution in [1.29, 1.82) is 0 Å². The second-order valence-electron chi connectivity index (χ2n) is 4.04. The Balaban J connectivity index is 2.05. The lowest BCUT2D eigenvalue weighted by Gasteiger charge is -2.27. The van der Waals surface area contributed by atoms with E-state index in [0.29, 0.717) is 12.5 Å². The van der Waals surface area contributed by atoms with Gasteiger partial charge in [0.2, 0.25) is 0 Å². The predicted octanol–water partition coefficient (Wildman–Crippen LogP) is 1.68. The number of cyclic esters (lactones) is 1. The van der Waals surface area contributed by atoms with Crippen LogP contribution in [0.15, 0.2) is 0 Å². The van der Waals surface area contributed by atoms with Crippen LogP contribution in [0.25, 0.3) is 0 Å². The van der Waals surface area contributed by atoms with Gasteiger partial charge in [0.1, 0.15) is 5.60 Å². The van der Waals surface area contributed by atoms with E-state index in [1.165, 1.54) is 25.7 Å². The summed E-state index contributed by atoms with van der Waals surface area (Å²) in [6.07, 6.45) is 4.76. The van der Waals surface area contributed by atoms with Gasteiger partial charge in [-0.15, -0.1) is 0 Å². The van der Waals surface area contributed by atoms with Crippen LogP contribution in [0.3, 0.4) is 0 Å². The Morgan fingerprint density at radius 1 is 1.50 bits per heavy atom. The summed E-state index contributed by atoms with van der Waals surface area (Å²) in [6, 6.07) is 0. The first kappa shape index (κ1) is 7.90. The molecule has 2 rings (SSSR count). The van der Waals surface area contributed by atoms with E-state index in [1.54, 1.807) is 0 Å². The number of rotatable bonds is 1. The lowest BCUT2D eigenvalue weighted by atomic mass is 9.88. The molecule has 2 aliphatic rings. The molecule has 0 aromatic rings. The van der Waals surface area contributed by atoms with Gasteiger partial charge in [-0.05, 0) is 19.8 Å². The predicted molar refractivity (Wildman–Crippen MR) is 44.8 cm³/mol. The monoisotopic (exact) mass is 169 g/mol. The fraction of sp³-hybridized carbons (Fsp3) is 0.889. The summed E-state index contributed by atoms with van der Waals surface area (Å²) >= 11 is 0. The van der Waals surface area contributed by atoms with Crippen LogP contribution in [0, 0.1) is 5.92 Å². The molecule has 1 saturated heterocycles. The Hall–Kier alpha value is -0.730. The molecule has 0 aromatic carbocycles. The van der Waals surface area contributed by atoms with Crippen molar-refractivity contribution >= 4 is 6.09 Å². The molecule has 0 bridgehead atoms. The Bertz CT molecular complexity index is 199. The maximum Gasteiger partial charge on any atom is 0.407 e. The number of hydrogen-bond acceptors (Lipinski definition) is 2. The molecule has 1 amide bonds. The van der Waals surface area contributed by atoms with Crippen LogP contribution >= 0.6 is 0 Å². The van der Waals surface area contributed by atoms with Gasteiger partial charge in [0.15, 0.2) is 0 Å². The van der Waals surface area contributed by atoms with Gasteiger partial charge in [-0.3, -0.25) is 0 Å². The molecule has 1 saturated carbocycles. The first-order valence-corrected chi connectivity index (χ1v) is 4.67. The van der Waals surface area contributed by atoms with Crippen molar-refractivity contribution in [2.24, 2.45) is 5.92 Å². The fourth-order valence-electron chi connectivity index (χ4n) is 2.30. The first-order chi connectivity index (χ1) is 5.71. The summed E-state index contributed by atoms with van der Waals surface area (Å²) in [6.45, 7) is 2.73. The number of hydrogen-bond donors (Lipinski definition) is 1. The number of carbonyl (C=O) groups excluding carboxylic acids is 1. The van der Waals surface area contributed by atoms with Gasteiger partial charge < -0.3 is 10.1 Å². The van der Waals surface area contributed by atoms with E-state index in [1.807, 2.05) is 6.92 Å². The fourth-order valence-corrected chi connectivity index (χ4v) is 2.30. The molecule has 2 fully saturated rings. The van der Waals surface area contributed by atoms with Gasteiger partial charge in [0, 0.05) is 5.92 Å². The molecule has 0 radical (unpaired) electrons. The lowest BCUT2D eigenvalue weighted by Crippen LogP contribution is -2.36. The third-order valence-electron chi connectivity index (χ3n) is 3.13. The average Bonchev–Trinajstić information content (AvgIpc) is 2.59. The minimum atomic E-state index is -0.246. The van der Waals surface area contributed by atoms with Crippen LogP contribution in [0.2, 0.25) is 0 Å². The van der Waals surface area contributed by atoms with E-state index in [0.717, 1.165) is 0 Å². The second kappa shape index (κ2) is 2.64. The van der Waals surface area contributed by atoms with E-state index in [-0.39, 0.29) is 11.7 Å². The normalized spacial score (nSPS) is 36.6. The van der Waals surface area contributed by atoms with E-state index in [9.17, 15) is 4.79 Å². The number of alkyl carbamates (subject to hydrolysis) is 1. The average molecular weight is 169 g/mol. The molecule has 1 heterocycles. The molecular formula is C9H15NO2. The zero-order valence-corrected chi connectivity index (χ0v) is 7.43. The van der Waals surface area contributed by atoms with Crippen LogP contribution in [0.1, 0.15) is 32.6 Å². The highest BCUT2D eigenvalue weighted by Gasteiger charge is 2.43. The summed E-state index contributed by atoms with van der Waals surface area (Å²) in [7, 11) is 0. The van der Waals surface area contributed by atoms with Crippen molar-refractivity contribution in [3.63, 3.8) is 0 Å². The number of carbonyl (C=O) groups is 1. The maximum atomic E-state index is 10.9. The quantitative estimate of drug-likeness (QED) is 0.648. The molecule has 3 nitrogen and oxygen atoms in total. The van der Waals surface area contributed by atoms with Crippen molar-refractivity contribution < 1.29 is 9.53 Å². The molecule has 1 atom stereocenters. The summed E-state index contributed by atoms with van der Waals surface area (Å²) < 4.78 is 5.28. The third-order valence-corrected chi connectivity index (χ3v) is 3.13. The summed E-state index contributed by atoms with van der Waals surface area (Å²) in [5, 5.41) is 2.73. The van der Waals surface area contributed by atoms with Crippen molar-refractivity contribution in [2.75, 3.05) is 6.54 Å². The molecule has 1 unspecified atom stereocenters. The maximum absolute atomic E-state index is 10.9. The Morgan fingerprint density at radius 2 is 2.17 bits per heavy atom. The Morgan fingerprint density at radius 3 is 2.67 bits per heavy atom. The Kier molecular flexibility index (Phi) is 1.74. The first-order valence-electron chi connectivity index (χ1n) is 4.67. The minimum absolute atomic E-state index is 0.215. The standard InChI is InChI=1S/C9H15NO2/c1-9(6-10-8(11)12-9)7-4-2-3-5-7/h7H,2-6H2,1H3,(H,10,11). The highest BCUT2D eigenvalue weighted by atomic mass is 16.6. The third kappa shape index (κ3) is 1.17. The zero-order valence-electron chi connectivity index (χ0n) is 7.43. The SMILES string of the molecule is CC1(C2CCCC2)CNC(=O)O1. The van der Waals surface area contributed by atoms with E-state index in [2.05, 4.69) is 5.32 Å². The lowest BCUT2D eigenvalue weighted by molar-refractivity contribution is 0.0239. The molecular weight excluding hydrogens is 154 g/mol. The van der Waals surface area contributed by atoms with Crippen LogP contribution < -0.4 is 5.32 Å². The van der Waals surface area contributed by atoms with Crippen molar-refractivity contribution in [2.45, 2.75) is 38.2 Å².